The van der Waals surface area contributed by atoms with Gasteiger partial charge in [-0.2, -0.15) is 0 Å². The lowest BCUT2D eigenvalue weighted by Crippen LogP contribution is -2.49. The second-order valence-corrected chi connectivity index (χ2v) is 6.99. The molecule has 0 spiro atoms. The van der Waals surface area contributed by atoms with Gasteiger partial charge in [0.25, 0.3) is 0 Å². The Bertz CT molecular complexity index is 634. The third kappa shape index (κ3) is 3.22. The third-order valence-corrected chi connectivity index (χ3v) is 5.18. The molecule has 0 amide bonds. The molecule has 23 heavy (non-hydrogen) atoms. The van der Waals surface area contributed by atoms with Gasteiger partial charge >= 0.3 is 0 Å². The second kappa shape index (κ2) is 6.28. The van der Waals surface area contributed by atoms with Crippen LogP contribution >= 0.6 is 0 Å². The Balaban J connectivity index is 1.28. The molecule has 0 bridgehead atoms. The van der Waals surface area contributed by atoms with Crippen LogP contribution in [0.2, 0.25) is 0 Å². The largest absolute Gasteiger partial charge is 0.341 e. The molecule has 4 heteroatoms. The van der Waals surface area contributed by atoms with E-state index in [0.29, 0.717) is 0 Å². The average molecular weight is 308 g/mol. The van der Waals surface area contributed by atoms with E-state index in [0.717, 1.165) is 43.0 Å². The van der Waals surface area contributed by atoms with E-state index < -0.39 is 0 Å². The molecule has 120 valence electrons. The summed E-state index contributed by atoms with van der Waals surface area (Å²) >= 11 is 0. The smallest absolute Gasteiger partial charge is 0.225 e. The van der Waals surface area contributed by atoms with E-state index in [2.05, 4.69) is 50.1 Å². The fraction of sp³-hybridized carbons (Fsp3) is 0.474. The predicted molar refractivity (Wildman–Crippen MR) is 92.3 cm³/mol. The first-order chi connectivity index (χ1) is 11.3. The van der Waals surface area contributed by atoms with Crippen LogP contribution in [0.1, 0.15) is 17.5 Å². The zero-order chi connectivity index (χ0) is 15.6. The van der Waals surface area contributed by atoms with E-state index in [4.69, 9.17) is 0 Å². The molecule has 4 rings (SSSR count). The molecule has 3 heterocycles. The van der Waals surface area contributed by atoms with E-state index >= 15 is 0 Å². The minimum atomic E-state index is 0.798. The number of hydrogen-bond acceptors (Lipinski definition) is 4. The van der Waals surface area contributed by atoms with E-state index in [1.807, 2.05) is 19.3 Å². The van der Waals surface area contributed by atoms with Crippen molar-refractivity contribution in [3.8, 4) is 0 Å². The Kier molecular flexibility index (Phi) is 4.00. The Labute approximate surface area is 138 Å². The van der Waals surface area contributed by atoms with Gasteiger partial charge in [-0.15, -0.1) is 0 Å². The maximum Gasteiger partial charge on any atom is 0.225 e. The number of benzene rings is 1. The summed E-state index contributed by atoms with van der Waals surface area (Å²) in [5.41, 5.74) is 2.55. The maximum atomic E-state index is 4.47. The van der Waals surface area contributed by atoms with Gasteiger partial charge in [0.15, 0.2) is 0 Å². The monoisotopic (exact) mass is 308 g/mol. The van der Waals surface area contributed by atoms with E-state index in [-0.39, 0.29) is 0 Å². The van der Waals surface area contributed by atoms with Crippen molar-refractivity contribution < 1.29 is 0 Å². The summed E-state index contributed by atoms with van der Waals surface area (Å²) in [6.45, 7) is 7.82. The number of aryl methyl sites for hydroxylation is 1. The van der Waals surface area contributed by atoms with Crippen LogP contribution in [0.4, 0.5) is 5.95 Å². The van der Waals surface area contributed by atoms with Crippen molar-refractivity contribution >= 4 is 5.95 Å². The van der Waals surface area contributed by atoms with Crippen LogP contribution in [-0.2, 0) is 6.54 Å². The highest BCUT2D eigenvalue weighted by atomic mass is 15.3. The minimum absolute atomic E-state index is 0.798. The van der Waals surface area contributed by atoms with Crippen molar-refractivity contribution in [3.63, 3.8) is 0 Å². The van der Waals surface area contributed by atoms with Crippen molar-refractivity contribution in [1.29, 1.82) is 0 Å². The molecule has 4 nitrogen and oxygen atoms in total. The van der Waals surface area contributed by atoms with E-state index in [1.165, 1.54) is 25.1 Å². The second-order valence-electron chi connectivity index (χ2n) is 6.99. The van der Waals surface area contributed by atoms with Gasteiger partial charge in [-0.05, 0) is 36.3 Å². The molecule has 1 aromatic heterocycles. The molecule has 2 fully saturated rings. The summed E-state index contributed by atoms with van der Waals surface area (Å²) in [5, 5.41) is 0. The highest BCUT2D eigenvalue weighted by Crippen LogP contribution is 2.33. The van der Waals surface area contributed by atoms with E-state index in [9.17, 15) is 0 Å². The van der Waals surface area contributed by atoms with Crippen LogP contribution in [0.25, 0.3) is 0 Å². The molecule has 1 atom stereocenters. The maximum absolute atomic E-state index is 4.47. The predicted octanol–water partition coefficient (Wildman–Crippen LogP) is 2.74. The van der Waals surface area contributed by atoms with Crippen LogP contribution in [0, 0.1) is 18.8 Å². The van der Waals surface area contributed by atoms with Crippen LogP contribution in [0.15, 0.2) is 42.7 Å². The van der Waals surface area contributed by atoms with Gasteiger partial charge in [-0.25, -0.2) is 9.97 Å². The highest BCUT2D eigenvalue weighted by molar-refractivity contribution is 5.31. The lowest BCUT2D eigenvalue weighted by atomic mass is 9.85. The van der Waals surface area contributed by atoms with Crippen molar-refractivity contribution in [2.45, 2.75) is 19.9 Å². The van der Waals surface area contributed by atoms with Gasteiger partial charge in [0.1, 0.15) is 0 Å². The van der Waals surface area contributed by atoms with Gasteiger partial charge in [-0.1, -0.05) is 30.3 Å². The Morgan fingerprint density at radius 3 is 2.48 bits per heavy atom. The molecule has 1 aromatic carbocycles. The van der Waals surface area contributed by atoms with Gasteiger partial charge in [0.05, 0.1) is 0 Å². The molecule has 1 unspecified atom stereocenters. The lowest BCUT2D eigenvalue weighted by molar-refractivity contribution is 0.0568. The Hall–Kier alpha value is -1.94. The quantitative estimate of drug-likeness (QED) is 0.869. The molecule has 0 radical (unpaired) electrons. The Morgan fingerprint density at radius 1 is 1.00 bits per heavy atom. The third-order valence-electron chi connectivity index (χ3n) is 5.18. The fourth-order valence-corrected chi connectivity index (χ4v) is 3.78. The summed E-state index contributed by atoms with van der Waals surface area (Å²) in [7, 11) is 0. The van der Waals surface area contributed by atoms with Gasteiger partial charge in [0, 0.05) is 45.1 Å². The van der Waals surface area contributed by atoms with Gasteiger partial charge < -0.3 is 4.90 Å². The molecule has 0 aliphatic carbocycles. The minimum Gasteiger partial charge on any atom is -0.341 e. The standard InChI is InChI=1S/C19H24N4/c1-15-9-20-19(21-10-15)23-8-7-17(14-23)18-12-22(13-18)11-16-5-3-2-4-6-16/h2-6,9-10,17-18H,7-8,11-14H2,1H3. The van der Waals surface area contributed by atoms with Gasteiger partial charge in [-0.3, -0.25) is 4.90 Å². The number of nitrogens with zero attached hydrogens (tertiary/aromatic N) is 4. The first kappa shape index (κ1) is 14.6. The number of likely N-dealkylation sites (tertiary alicyclic amines) is 1. The van der Waals surface area contributed by atoms with Crippen molar-refractivity contribution in [2.24, 2.45) is 11.8 Å². The first-order valence-corrected chi connectivity index (χ1v) is 8.58. The normalized spacial score (nSPS) is 22.3. The van der Waals surface area contributed by atoms with Crippen molar-refractivity contribution in [1.82, 2.24) is 14.9 Å². The number of aromatic nitrogens is 2. The number of anilines is 1. The molecule has 2 aromatic rings. The summed E-state index contributed by atoms with van der Waals surface area (Å²) in [6.07, 6.45) is 5.11. The van der Waals surface area contributed by atoms with Crippen molar-refractivity contribution in [2.75, 3.05) is 31.1 Å². The SMILES string of the molecule is Cc1cnc(N2CCC(C3CN(Cc4ccccc4)C3)C2)nc1. The average Bonchev–Trinajstić information content (AvgIpc) is 3.01. The van der Waals surface area contributed by atoms with Gasteiger partial charge in [0.2, 0.25) is 5.95 Å². The molecule has 2 aliphatic rings. The Morgan fingerprint density at radius 2 is 1.74 bits per heavy atom. The van der Waals surface area contributed by atoms with Crippen molar-refractivity contribution in [3.05, 3.63) is 53.9 Å². The summed E-state index contributed by atoms with van der Waals surface area (Å²) in [5.74, 6) is 2.54. The molecular formula is C19H24N4. The van der Waals surface area contributed by atoms with Crippen LogP contribution in [0.3, 0.4) is 0 Å². The first-order valence-electron chi connectivity index (χ1n) is 8.58. The highest BCUT2D eigenvalue weighted by Gasteiger charge is 2.37. The molecule has 0 N–H and O–H groups in total. The zero-order valence-electron chi connectivity index (χ0n) is 13.7. The summed E-state index contributed by atoms with van der Waals surface area (Å²) in [4.78, 5) is 13.9. The topological polar surface area (TPSA) is 32.3 Å². The van der Waals surface area contributed by atoms with Crippen LogP contribution < -0.4 is 4.90 Å². The molecule has 2 saturated heterocycles. The van der Waals surface area contributed by atoms with Crippen LogP contribution in [0.5, 0.6) is 0 Å². The zero-order valence-corrected chi connectivity index (χ0v) is 13.7. The van der Waals surface area contributed by atoms with Crippen LogP contribution in [-0.4, -0.2) is 41.0 Å². The summed E-state index contributed by atoms with van der Waals surface area (Å²) < 4.78 is 0. The summed E-state index contributed by atoms with van der Waals surface area (Å²) in [6, 6.07) is 10.8. The number of rotatable bonds is 4. The molecule has 0 saturated carbocycles. The lowest BCUT2D eigenvalue weighted by Gasteiger charge is -2.42. The number of hydrogen-bond donors (Lipinski definition) is 0. The fourth-order valence-electron chi connectivity index (χ4n) is 3.78. The molecule has 2 aliphatic heterocycles. The molecular weight excluding hydrogens is 284 g/mol. The van der Waals surface area contributed by atoms with E-state index in [1.54, 1.807) is 0 Å².